The first-order valence-electron chi connectivity index (χ1n) is 8.08. The molecular formula is C15H24F3IN4OS. The molecule has 0 atom stereocenters. The number of alkyl halides is 3. The molecule has 0 bridgehead atoms. The van der Waals surface area contributed by atoms with E-state index in [0.29, 0.717) is 24.1 Å². The lowest BCUT2D eigenvalue weighted by Crippen LogP contribution is -2.48. The second-order valence-electron chi connectivity index (χ2n) is 5.96. The van der Waals surface area contributed by atoms with Crippen molar-refractivity contribution in [3.63, 3.8) is 0 Å². The van der Waals surface area contributed by atoms with E-state index in [2.05, 4.69) is 20.6 Å². The van der Waals surface area contributed by atoms with Gasteiger partial charge in [-0.25, -0.2) is 9.98 Å². The van der Waals surface area contributed by atoms with E-state index in [1.807, 2.05) is 6.92 Å². The molecule has 25 heavy (non-hydrogen) atoms. The van der Waals surface area contributed by atoms with Crippen LogP contribution in [0.4, 0.5) is 13.2 Å². The molecule has 3 N–H and O–H groups in total. The number of hydrogen-bond acceptors (Lipinski definition) is 4. The smallest absolute Gasteiger partial charge is 0.388 e. The number of aromatic nitrogens is 1. The van der Waals surface area contributed by atoms with Crippen molar-refractivity contribution in [2.45, 2.75) is 57.3 Å². The summed E-state index contributed by atoms with van der Waals surface area (Å²) in [4.78, 5) is 7.82. The SMILES string of the molecule is CCNC(=NCc1nc(C(F)(F)F)cs1)NCC1(O)CCCCC1.I. The first kappa shape index (κ1) is 22.4. The van der Waals surface area contributed by atoms with E-state index in [4.69, 9.17) is 0 Å². The van der Waals surface area contributed by atoms with E-state index in [0.717, 1.165) is 48.8 Å². The van der Waals surface area contributed by atoms with Crippen LogP contribution < -0.4 is 10.6 Å². The number of nitrogens with zero attached hydrogens (tertiary/aromatic N) is 2. The Bertz CT molecular complexity index is 559. The molecule has 5 nitrogen and oxygen atoms in total. The van der Waals surface area contributed by atoms with Gasteiger partial charge in [0.05, 0.1) is 12.1 Å². The van der Waals surface area contributed by atoms with Gasteiger partial charge in [0.1, 0.15) is 5.01 Å². The summed E-state index contributed by atoms with van der Waals surface area (Å²) in [5, 5.41) is 17.9. The number of aliphatic hydroxyl groups is 1. The number of hydrogen-bond donors (Lipinski definition) is 3. The summed E-state index contributed by atoms with van der Waals surface area (Å²) in [5.41, 5.74) is -1.62. The van der Waals surface area contributed by atoms with E-state index >= 15 is 0 Å². The van der Waals surface area contributed by atoms with Crippen molar-refractivity contribution in [2.24, 2.45) is 4.99 Å². The van der Waals surface area contributed by atoms with Gasteiger partial charge in [-0.15, -0.1) is 35.3 Å². The Morgan fingerprint density at radius 3 is 2.56 bits per heavy atom. The van der Waals surface area contributed by atoms with Gasteiger partial charge in [0.2, 0.25) is 0 Å². The second-order valence-corrected chi connectivity index (χ2v) is 6.90. The van der Waals surface area contributed by atoms with E-state index in [-0.39, 0.29) is 30.5 Å². The Hall–Kier alpha value is -0.620. The molecule has 1 aliphatic carbocycles. The lowest BCUT2D eigenvalue weighted by Gasteiger charge is -2.32. The minimum absolute atomic E-state index is 0. The summed E-state index contributed by atoms with van der Waals surface area (Å²) in [6.07, 6.45) is 0.228. The Labute approximate surface area is 166 Å². The van der Waals surface area contributed by atoms with Crippen LogP contribution in [0.15, 0.2) is 10.4 Å². The Kier molecular flexibility index (Phi) is 8.89. The predicted molar refractivity (Wildman–Crippen MR) is 103 cm³/mol. The molecule has 0 aliphatic heterocycles. The van der Waals surface area contributed by atoms with Gasteiger partial charge in [-0.1, -0.05) is 19.3 Å². The second kappa shape index (κ2) is 9.91. The van der Waals surface area contributed by atoms with Gasteiger partial charge in [0.15, 0.2) is 11.7 Å². The molecule has 0 radical (unpaired) electrons. The van der Waals surface area contributed by atoms with Gasteiger partial charge in [-0.3, -0.25) is 0 Å². The van der Waals surface area contributed by atoms with Crippen LogP contribution in [0.3, 0.4) is 0 Å². The highest BCUT2D eigenvalue weighted by molar-refractivity contribution is 14.0. The minimum Gasteiger partial charge on any atom is -0.388 e. The van der Waals surface area contributed by atoms with Crippen molar-refractivity contribution in [1.29, 1.82) is 0 Å². The summed E-state index contributed by atoms with van der Waals surface area (Å²) < 4.78 is 37.6. The molecular weight excluding hydrogens is 468 g/mol. The molecule has 1 fully saturated rings. The van der Waals surface area contributed by atoms with Crippen molar-refractivity contribution in [3.05, 3.63) is 16.1 Å². The standard InChI is InChI=1S/C15H23F3N4OS.HI/c1-2-19-13(21-10-14(23)6-4-3-5-7-14)20-8-12-22-11(9-24-12)15(16,17)18;/h9,23H,2-8,10H2,1H3,(H2,19,20,21);1H. The summed E-state index contributed by atoms with van der Waals surface area (Å²) >= 11 is 0.939. The maximum Gasteiger partial charge on any atom is 0.434 e. The third kappa shape index (κ3) is 7.26. The number of guanidine groups is 1. The van der Waals surface area contributed by atoms with Crippen LogP contribution in [0.5, 0.6) is 0 Å². The van der Waals surface area contributed by atoms with E-state index in [1.54, 1.807) is 0 Å². The van der Waals surface area contributed by atoms with Gasteiger partial charge in [-0.05, 0) is 19.8 Å². The van der Waals surface area contributed by atoms with Gasteiger partial charge < -0.3 is 15.7 Å². The zero-order chi connectivity index (χ0) is 17.6. The highest BCUT2D eigenvalue weighted by Crippen LogP contribution is 2.30. The van der Waals surface area contributed by atoms with E-state index in [9.17, 15) is 18.3 Å². The van der Waals surface area contributed by atoms with Crippen molar-refractivity contribution in [1.82, 2.24) is 15.6 Å². The van der Waals surface area contributed by atoms with Crippen molar-refractivity contribution in [2.75, 3.05) is 13.1 Å². The molecule has 0 unspecified atom stereocenters. The molecule has 1 aromatic rings. The molecule has 1 aromatic heterocycles. The molecule has 1 saturated carbocycles. The largest absolute Gasteiger partial charge is 0.434 e. The Balaban J connectivity index is 0.00000312. The lowest BCUT2D eigenvalue weighted by molar-refractivity contribution is -0.140. The monoisotopic (exact) mass is 492 g/mol. The lowest BCUT2D eigenvalue weighted by atomic mass is 9.85. The highest BCUT2D eigenvalue weighted by atomic mass is 127. The van der Waals surface area contributed by atoms with Crippen LogP contribution in [0, 0.1) is 0 Å². The molecule has 1 aliphatic rings. The number of halogens is 4. The third-order valence-corrected chi connectivity index (χ3v) is 4.76. The summed E-state index contributed by atoms with van der Waals surface area (Å²) in [6, 6.07) is 0. The molecule has 10 heteroatoms. The Morgan fingerprint density at radius 1 is 1.32 bits per heavy atom. The van der Waals surface area contributed by atoms with E-state index in [1.165, 1.54) is 0 Å². The molecule has 0 amide bonds. The minimum atomic E-state index is -4.43. The average molecular weight is 492 g/mol. The summed E-state index contributed by atoms with van der Waals surface area (Å²) in [7, 11) is 0. The fourth-order valence-corrected chi connectivity index (χ4v) is 3.36. The van der Waals surface area contributed by atoms with Crippen LogP contribution in [0.25, 0.3) is 0 Å². The van der Waals surface area contributed by atoms with Crippen molar-refractivity contribution in [3.8, 4) is 0 Å². The predicted octanol–water partition coefficient (Wildman–Crippen LogP) is 3.53. The zero-order valence-electron chi connectivity index (χ0n) is 14.0. The summed E-state index contributed by atoms with van der Waals surface area (Å²) in [6.45, 7) is 2.96. The molecule has 1 heterocycles. The van der Waals surface area contributed by atoms with Gasteiger partial charge in [0.25, 0.3) is 0 Å². The maximum atomic E-state index is 12.5. The van der Waals surface area contributed by atoms with E-state index < -0.39 is 17.5 Å². The fraction of sp³-hybridized carbons (Fsp3) is 0.733. The molecule has 0 spiro atoms. The normalized spacial score (nSPS) is 17.7. The topological polar surface area (TPSA) is 69.5 Å². The average Bonchev–Trinajstić information content (AvgIpc) is 3.00. The van der Waals surface area contributed by atoms with Gasteiger partial charge in [0, 0.05) is 18.5 Å². The molecule has 0 aromatic carbocycles. The van der Waals surface area contributed by atoms with Crippen LogP contribution in [0.1, 0.15) is 49.7 Å². The number of aliphatic imine (C=N–C) groups is 1. The quantitative estimate of drug-likeness (QED) is 0.334. The van der Waals surface area contributed by atoms with Crippen LogP contribution in [0.2, 0.25) is 0 Å². The molecule has 2 rings (SSSR count). The first-order chi connectivity index (χ1) is 11.3. The van der Waals surface area contributed by atoms with Crippen molar-refractivity contribution >= 4 is 41.3 Å². The van der Waals surface area contributed by atoms with Crippen LogP contribution in [-0.2, 0) is 12.7 Å². The fourth-order valence-electron chi connectivity index (χ4n) is 2.64. The molecule has 144 valence electrons. The highest BCUT2D eigenvalue weighted by Gasteiger charge is 2.33. The molecule has 0 saturated heterocycles. The van der Waals surface area contributed by atoms with Crippen LogP contribution in [-0.4, -0.2) is 34.7 Å². The summed E-state index contributed by atoms with van der Waals surface area (Å²) in [5.74, 6) is 0.472. The Morgan fingerprint density at radius 2 is 2.00 bits per heavy atom. The zero-order valence-corrected chi connectivity index (χ0v) is 17.2. The van der Waals surface area contributed by atoms with Gasteiger partial charge in [-0.2, -0.15) is 13.2 Å². The number of nitrogens with one attached hydrogen (secondary N) is 2. The van der Waals surface area contributed by atoms with Gasteiger partial charge >= 0.3 is 6.18 Å². The number of thiazole rings is 1. The third-order valence-electron chi connectivity index (χ3n) is 3.93. The first-order valence-corrected chi connectivity index (χ1v) is 8.96. The number of rotatable bonds is 5. The maximum absolute atomic E-state index is 12.5. The van der Waals surface area contributed by atoms with Crippen molar-refractivity contribution < 1.29 is 18.3 Å². The van der Waals surface area contributed by atoms with Crippen LogP contribution >= 0.6 is 35.3 Å².